The number of nitrogens with two attached hydrogens (primary N) is 1. The lowest BCUT2D eigenvalue weighted by atomic mass is 9.97. The maximum Gasteiger partial charge on any atom is 0.203 e. The second-order valence-electron chi connectivity index (χ2n) is 12.5. The highest BCUT2D eigenvalue weighted by atomic mass is 16.4. The summed E-state index contributed by atoms with van der Waals surface area (Å²) in [6, 6.07) is 54.4. The number of rotatable bonds is 6. The quantitative estimate of drug-likeness (QED) is 0.137. The normalized spacial score (nSPS) is 12.8. The van der Waals surface area contributed by atoms with E-state index in [9.17, 15) is 5.11 Å². The number of para-hydroxylation sites is 2. The van der Waals surface area contributed by atoms with Crippen LogP contribution in [-0.2, 0) is 0 Å². The van der Waals surface area contributed by atoms with Crippen molar-refractivity contribution in [2.45, 2.75) is 6.17 Å². The predicted octanol–water partition coefficient (Wildman–Crippen LogP) is 10.7. The third-order valence-electron chi connectivity index (χ3n) is 9.41. The number of aromatic hydroxyl groups is 1. The van der Waals surface area contributed by atoms with Crippen molar-refractivity contribution in [2.24, 2.45) is 15.7 Å². The number of phenolic OH excluding ortho intramolecular Hbond substituents is 1. The molecule has 3 N–H and O–H groups in total. The zero-order chi connectivity index (χ0) is 34.3. The number of hydrogen-bond acceptors (Lipinski definition) is 4. The first-order valence-electron chi connectivity index (χ1n) is 16.9. The Hall–Kier alpha value is -6.92. The highest BCUT2D eigenvalue weighted by Gasteiger charge is 2.27. The monoisotopic (exact) mass is 660 g/mol. The van der Waals surface area contributed by atoms with Crippen molar-refractivity contribution in [1.82, 2.24) is 4.57 Å². The Balaban J connectivity index is 1.29. The van der Waals surface area contributed by atoms with Gasteiger partial charge in [-0.15, -0.1) is 0 Å². The maximum absolute atomic E-state index is 12.1. The molecule has 2 aromatic heterocycles. The fourth-order valence-electron chi connectivity index (χ4n) is 7.12. The Morgan fingerprint density at radius 3 is 2.04 bits per heavy atom. The van der Waals surface area contributed by atoms with Crippen LogP contribution < -0.4 is 5.73 Å². The number of nitrogens with zero attached hydrogens (tertiary/aromatic N) is 3. The van der Waals surface area contributed by atoms with Gasteiger partial charge < -0.3 is 15.3 Å². The number of furan rings is 1. The van der Waals surface area contributed by atoms with E-state index >= 15 is 0 Å². The highest BCUT2D eigenvalue weighted by molar-refractivity contribution is 6.33. The third-order valence-corrected chi connectivity index (χ3v) is 9.41. The molecule has 1 atom stereocenters. The standard InChI is InChI=1S/C45H32N4O2/c46-45(48-44(32-20-8-3-9-21-32)47-28-29-15-14-22-33(27-29)30-16-4-1-5-17-30)49-36-25-12-10-23-34(36)39-40-35-24-11-13-26-37(35)51-43(40)42(50)38(41(39)49)31-18-6-2-7-19-31/h1-28,44,50H,(H2,46,48). The van der Waals surface area contributed by atoms with Gasteiger partial charge in [-0.1, -0.05) is 146 Å². The zero-order valence-electron chi connectivity index (χ0n) is 27.5. The Morgan fingerprint density at radius 2 is 1.27 bits per heavy atom. The lowest BCUT2D eigenvalue weighted by Crippen LogP contribution is -2.23. The summed E-state index contributed by atoms with van der Waals surface area (Å²) in [6.45, 7) is 0. The first-order chi connectivity index (χ1) is 25.2. The molecule has 51 heavy (non-hydrogen) atoms. The number of fused-ring (bicyclic) bond motifs is 7. The van der Waals surface area contributed by atoms with Crippen molar-refractivity contribution in [1.29, 1.82) is 0 Å². The average Bonchev–Trinajstić information content (AvgIpc) is 3.74. The van der Waals surface area contributed by atoms with Gasteiger partial charge in [-0.25, -0.2) is 4.99 Å². The molecule has 6 nitrogen and oxygen atoms in total. The van der Waals surface area contributed by atoms with Crippen LogP contribution in [0.5, 0.6) is 5.75 Å². The van der Waals surface area contributed by atoms with Crippen molar-refractivity contribution >= 4 is 55.9 Å². The first kappa shape index (κ1) is 30.2. The molecule has 0 spiro atoms. The molecule has 0 bridgehead atoms. The molecule has 9 aromatic rings. The van der Waals surface area contributed by atoms with Gasteiger partial charge in [0.05, 0.1) is 16.6 Å². The molecule has 7 aromatic carbocycles. The molecule has 0 aliphatic heterocycles. The average molecular weight is 661 g/mol. The maximum atomic E-state index is 12.1. The molecule has 0 aliphatic rings. The van der Waals surface area contributed by atoms with Crippen LogP contribution in [0, 0.1) is 0 Å². The zero-order valence-corrected chi connectivity index (χ0v) is 27.5. The summed E-state index contributed by atoms with van der Waals surface area (Å²) in [5.41, 5.74) is 15.4. The van der Waals surface area contributed by atoms with Crippen molar-refractivity contribution < 1.29 is 9.52 Å². The van der Waals surface area contributed by atoms with Gasteiger partial charge in [0.15, 0.2) is 17.5 Å². The minimum Gasteiger partial charge on any atom is -0.504 e. The number of hydrogen-bond donors (Lipinski definition) is 2. The molecule has 6 heteroatoms. The van der Waals surface area contributed by atoms with E-state index < -0.39 is 6.17 Å². The summed E-state index contributed by atoms with van der Waals surface area (Å²) in [5.74, 6) is 0.293. The summed E-state index contributed by atoms with van der Waals surface area (Å²) in [5, 5.41) is 15.7. The summed E-state index contributed by atoms with van der Waals surface area (Å²) in [4.78, 5) is 10.2. The van der Waals surface area contributed by atoms with Gasteiger partial charge in [0.1, 0.15) is 5.58 Å². The van der Waals surface area contributed by atoms with Gasteiger partial charge in [-0.3, -0.25) is 9.56 Å². The van der Waals surface area contributed by atoms with Gasteiger partial charge in [0, 0.05) is 27.8 Å². The Morgan fingerprint density at radius 1 is 0.647 bits per heavy atom. The molecule has 0 amide bonds. The summed E-state index contributed by atoms with van der Waals surface area (Å²) in [7, 11) is 0. The van der Waals surface area contributed by atoms with E-state index in [4.69, 9.17) is 20.1 Å². The van der Waals surface area contributed by atoms with Crippen molar-refractivity contribution in [2.75, 3.05) is 0 Å². The van der Waals surface area contributed by atoms with E-state index in [0.717, 1.165) is 60.4 Å². The van der Waals surface area contributed by atoms with E-state index in [1.165, 1.54) is 0 Å². The smallest absolute Gasteiger partial charge is 0.203 e. The second kappa shape index (κ2) is 12.5. The third kappa shape index (κ3) is 5.21. The van der Waals surface area contributed by atoms with E-state index in [-0.39, 0.29) is 11.7 Å². The summed E-state index contributed by atoms with van der Waals surface area (Å²) in [6.07, 6.45) is 1.21. The van der Waals surface area contributed by atoms with Gasteiger partial charge in [-0.2, -0.15) is 0 Å². The lowest BCUT2D eigenvalue weighted by molar-refractivity contribution is 0.471. The van der Waals surface area contributed by atoms with Gasteiger partial charge >= 0.3 is 0 Å². The number of aliphatic imine (C=N–C) groups is 2. The van der Waals surface area contributed by atoms with Crippen LogP contribution in [0.15, 0.2) is 178 Å². The Labute approximate surface area is 294 Å². The number of phenols is 1. The van der Waals surface area contributed by atoms with Crippen LogP contribution in [0.4, 0.5) is 0 Å². The number of benzene rings is 7. The molecule has 1 unspecified atom stereocenters. The fourth-order valence-corrected chi connectivity index (χ4v) is 7.12. The van der Waals surface area contributed by atoms with Gasteiger partial charge in [-0.05, 0) is 46.0 Å². The van der Waals surface area contributed by atoms with Crippen LogP contribution >= 0.6 is 0 Å². The molecular formula is C45H32N4O2. The van der Waals surface area contributed by atoms with Crippen molar-refractivity contribution in [3.05, 3.63) is 175 Å². The van der Waals surface area contributed by atoms with Crippen LogP contribution in [0.2, 0.25) is 0 Å². The topological polar surface area (TPSA) is 89.0 Å². The largest absolute Gasteiger partial charge is 0.504 e. The Kier molecular flexibility index (Phi) is 7.40. The minimum atomic E-state index is -0.643. The van der Waals surface area contributed by atoms with Gasteiger partial charge in [0.2, 0.25) is 5.96 Å². The molecule has 2 heterocycles. The van der Waals surface area contributed by atoms with E-state index in [1.54, 1.807) is 0 Å². The molecular weight excluding hydrogens is 629 g/mol. The predicted molar refractivity (Wildman–Crippen MR) is 209 cm³/mol. The lowest BCUT2D eigenvalue weighted by Gasteiger charge is -2.15. The van der Waals surface area contributed by atoms with Crippen LogP contribution in [-0.4, -0.2) is 21.8 Å². The minimum absolute atomic E-state index is 0.0488. The molecule has 0 radical (unpaired) electrons. The van der Waals surface area contributed by atoms with Crippen LogP contribution in [0.1, 0.15) is 17.3 Å². The molecule has 9 rings (SSSR count). The second-order valence-corrected chi connectivity index (χ2v) is 12.5. The SMILES string of the molecule is NC(=NC(N=Cc1cccc(-c2ccccc2)c1)c1ccccc1)n1c2ccccc2c2c3c(oc4ccccc43)c(O)c(-c3ccccc3)c21. The van der Waals surface area contributed by atoms with Gasteiger partial charge in [0.25, 0.3) is 0 Å². The van der Waals surface area contributed by atoms with Crippen LogP contribution in [0.25, 0.3) is 66.0 Å². The molecule has 0 aliphatic carbocycles. The molecule has 0 saturated heterocycles. The van der Waals surface area contributed by atoms with E-state index in [1.807, 2.05) is 144 Å². The Bertz CT molecular complexity index is 2760. The first-order valence-corrected chi connectivity index (χ1v) is 16.9. The molecule has 244 valence electrons. The fraction of sp³-hybridized carbons (Fsp3) is 0.0222. The summed E-state index contributed by atoms with van der Waals surface area (Å²) >= 11 is 0. The highest BCUT2D eigenvalue weighted by Crippen LogP contribution is 2.50. The molecule has 0 fully saturated rings. The summed E-state index contributed by atoms with van der Waals surface area (Å²) < 4.78 is 8.32. The van der Waals surface area contributed by atoms with Crippen molar-refractivity contribution in [3.8, 4) is 28.0 Å². The molecule has 0 saturated carbocycles. The van der Waals surface area contributed by atoms with Crippen molar-refractivity contribution in [3.63, 3.8) is 0 Å². The van der Waals surface area contributed by atoms with E-state index in [0.29, 0.717) is 16.7 Å². The van der Waals surface area contributed by atoms with Crippen LogP contribution in [0.3, 0.4) is 0 Å². The number of aromatic nitrogens is 1. The van der Waals surface area contributed by atoms with E-state index in [2.05, 4.69) is 30.3 Å².